The molecule has 2 heterocycles. The summed E-state index contributed by atoms with van der Waals surface area (Å²) < 4.78 is 22.1. The molecule has 6 aliphatic rings. The molecule has 0 aromatic rings. The molecule has 4 aliphatic carbocycles. The smallest absolute Gasteiger partial charge is 0.193 e. The van der Waals surface area contributed by atoms with Crippen molar-refractivity contribution in [3.05, 3.63) is 23.8 Å². The number of allylic oxidation sites excluding steroid dienone is 2. The Labute approximate surface area is 152 Å². The van der Waals surface area contributed by atoms with Gasteiger partial charge in [-0.05, 0) is 18.4 Å². The molecule has 140 valence electrons. The van der Waals surface area contributed by atoms with Crippen LogP contribution in [-0.4, -0.2) is 63.4 Å². The second-order valence-corrected chi connectivity index (χ2v) is 8.17. The zero-order valence-corrected chi connectivity index (χ0v) is 15.2. The first kappa shape index (κ1) is 16.8. The normalized spacial score (nSPS) is 47.5. The van der Waals surface area contributed by atoms with Crippen LogP contribution in [0.15, 0.2) is 23.8 Å². The minimum atomic E-state index is -0.782. The van der Waals surface area contributed by atoms with Crippen molar-refractivity contribution in [1.82, 2.24) is 0 Å². The van der Waals surface area contributed by atoms with Crippen LogP contribution in [0.25, 0.3) is 0 Å². The van der Waals surface area contributed by atoms with Crippen molar-refractivity contribution in [2.24, 2.45) is 23.2 Å². The number of rotatable bonds is 6. The lowest BCUT2D eigenvalue weighted by atomic mass is 9.44. The van der Waals surface area contributed by atoms with Crippen LogP contribution in [0.4, 0.5) is 0 Å². The minimum Gasteiger partial charge on any atom is -0.385 e. The number of hydrogen-bond acceptors (Lipinski definition) is 6. The van der Waals surface area contributed by atoms with E-state index in [1.807, 2.05) is 6.08 Å². The molecule has 1 saturated carbocycles. The highest BCUT2D eigenvalue weighted by Gasteiger charge is 2.79. The first-order chi connectivity index (χ1) is 12.6. The lowest BCUT2D eigenvalue weighted by Crippen LogP contribution is -2.66. The molecule has 6 atom stereocenters. The number of hydrogen-bond donors (Lipinski definition) is 0. The Morgan fingerprint density at radius 3 is 2.38 bits per heavy atom. The van der Waals surface area contributed by atoms with Crippen molar-refractivity contribution in [2.75, 3.05) is 40.6 Å². The fourth-order valence-corrected chi connectivity index (χ4v) is 5.66. The Morgan fingerprint density at radius 1 is 1.08 bits per heavy atom. The van der Waals surface area contributed by atoms with Crippen molar-refractivity contribution in [3.63, 3.8) is 0 Å². The number of carbonyl (C=O) groups is 2. The molecule has 0 radical (unpaired) electrons. The fourth-order valence-electron chi connectivity index (χ4n) is 5.66. The molecular weight excluding hydrogens is 336 g/mol. The summed E-state index contributed by atoms with van der Waals surface area (Å²) in [4.78, 5) is 26.6. The van der Waals surface area contributed by atoms with Crippen LogP contribution in [0, 0.1) is 23.2 Å². The standard InChI is InChI=1S/C20H24O6/c1-23-7-4-12-9-14-15(20(11-26-20)16(12)21)13-3-5-18(14,6-8-24-2)17(22)19(13)10-25-19/h3,5,9,13-15H,4,6-8,10-11H2,1-2H3/t13-,14+,15+,18-,19+,20+/m0/s1. The Morgan fingerprint density at radius 2 is 1.77 bits per heavy atom. The van der Waals surface area contributed by atoms with Crippen LogP contribution >= 0.6 is 0 Å². The van der Waals surface area contributed by atoms with E-state index in [1.165, 1.54) is 0 Å². The van der Waals surface area contributed by atoms with Crippen molar-refractivity contribution in [1.29, 1.82) is 0 Å². The summed E-state index contributed by atoms with van der Waals surface area (Å²) in [6.45, 7) is 1.86. The summed E-state index contributed by atoms with van der Waals surface area (Å²) >= 11 is 0. The number of carbonyl (C=O) groups excluding carboxylic acids is 2. The quantitative estimate of drug-likeness (QED) is 0.521. The van der Waals surface area contributed by atoms with E-state index in [-0.39, 0.29) is 29.3 Å². The SMILES string of the molecule is COCCC1=C[C@@H]2[C@@H]([C@@H]3C=C[C@@]2(CCOC)C(=O)[C@@]32CO2)[C@]2(CO2)C1=O. The third kappa shape index (κ3) is 1.86. The highest BCUT2D eigenvalue weighted by molar-refractivity contribution is 6.07. The second kappa shape index (κ2) is 5.35. The van der Waals surface area contributed by atoms with Crippen LogP contribution in [0.2, 0.25) is 0 Å². The van der Waals surface area contributed by atoms with E-state index in [1.54, 1.807) is 14.2 Å². The van der Waals surface area contributed by atoms with Crippen LogP contribution in [0.1, 0.15) is 12.8 Å². The average molecular weight is 360 g/mol. The zero-order valence-electron chi connectivity index (χ0n) is 15.2. The van der Waals surface area contributed by atoms with E-state index >= 15 is 0 Å². The van der Waals surface area contributed by atoms with Gasteiger partial charge in [0.25, 0.3) is 0 Å². The van der Waals surface area contributed by atoms with Crippen LogP contribution in [0.5, 0.6) is 0 Å². The van der Waals surface area contributed by atoms with Gasteiger partial charge in [0.05, 0.1) is 25.2 Å². The van der Waals surface area contributed by atoms with Gasteiger partial charge in [-0.15, -0.1) is 0 Å². The first-order valence-electron chi connectivity index (χ1n) is 9.31. The number of methoxy groups -OCH3 is 2. The molecule has 2 aliphatic heterocycles. The fraction of sp³-hybridized carbons (Fsp3) is 0.700. The van der Waals surface area contributed by atoms with E-state index in [4.69, 9.17) is 18.9 Å². The van der Waals surface area contributed by atoms with Gasteiger partial charge in [-0.25, -0.2) is 0 Å². The molecule has 0 amide bonds. The van der Waals surface area contributed by atoms with Gasteiger partial charge in [-0.3, -0.25) is 9.59 Å². The van der Waals surface area contributed by atoms with E-state index in [0.717, 1.165) is 5.57 Å². The van der Waals surface area contributed by atoms with Crippen molar-refractivity contribution < 1.29 is 28.5 Å². The van der Waals surface area contributed by atoms with Gasteiger partial charge in [0, 0.05) is 38.6 Å². The highest BCUT2D eigenvalue weighted by Crippen LogP contribution is 2.67. The molecule has 26 heavy (non-hydrogen) atoms. The molecule has 0 aromatic heterocycles. The molecule has 0 unspecified atom stereocenters. The molecular formula is C20H24O6. The van der Waals surface area contributed by atoms with Gasteiger partial charge < -0.3 is 18.9 Å². The predicted octanol–water partition coefficient (Wildman–Crippen LogP) is 1.09. The topological polar surface area (TPSA) is 77.7 Å². The maximum atomic E-state index is 13.5. The third-order valence-corrected chi connectivity index (χ3v) is 7.12. The van der Waals surface area contributed by atoms with Gasteiger partial charge in [0.1, 0.15) is 0 Å². The van der Waals surface area contributed by atoms with Crippen LogP contribution in [0.3, 0.4) is 0 Å². The first-order valence-corrected chi connectivity index (χ1v) is 9.31. The van der Waals surface area contributed by atoms with Crippen LogP contribution in [-0.2, 0) is 28.5 Å². The van der Waals surface area contributed by atoms with Gasteiger partial charge in [0.15, 0.2) is 22.8 Å². The van der Waals surface area contributed by atoms with Gasteiger partial charge >= 0.3 is 0 Å². The van der Waals surface area contributed by atoms with E-state index in [2.05, 4.69) is 12.2 Å². The lowest BCUT2D eigenvalue weighted by Gasteiger charge is -2.56. The molecule has 6 rings (SSSR count). The summed E-state index contributed by atoms with van der Waals surface area (Å²) in [6.07, 6.45) is 7.35. The Bertz CT molecular complexity index is 729. The minimum absolute atomic E-state index is 0.0386. The number of ketones is 2. The van der Waals surface area contributed by atoms with Gasteiger partial charge in [0.2, 0.25) is 0 Å². The maximum absolute atomic E-state index is 13.5. The van der Waals surface area contributed by atoms with E-state index in [9.17, 15) is 9.59 Å². The molecule has 0 N–H and O–H groups in total. The summed E-state index contributed by atoms with van der Waals surface area (Å²) in [5, 5.41) is 0. The zero-order chi connectivity index (χ0) is 18.2. The Hall–Kier alpha value is -1.34. The lowest BCUT2D eigenvalue weighted by molar-refractivity contribution is -0.153. The van der Waals surface area contributed by atoms with E-state index in [0.29, 0.717) is 39.3 Å². The summed E-state index contributed by atoms with van der Waals surface area (Å²) in [5.74, 6) is 0.0478. The van der Waals surface area contributed by atoms with E-state index < -0.39 is 16.6 Å². The summed E-state index contributed by atoms with van der Waals surface area (Å²) in [7, 11) is 3.28. The predicted molar refractivity (Wildman–Crippen MR) is 90.5 cm³/mol. The van der Waals surface area contributed by atoms with Crippen molar-refractivity contribution >= 4 is 11.6 Å². The molecule has 6 heteroatoms. The second-order valence-electron chi connectivity index (χ2n) is 8.17. The summed E-state index contributed by atoms with van der Waals surface area (Å²) in [5.41, 5.74) is -1.47. The van der Waals surface area contributed by atoms with Crippen molar-refractivity contribution in [2.45, 2.75) is 24.0 Å². The third-order valence-electron chi connectivity index (χ3n) is 7.12. The Balaban J connectivity index is 1.63. The van der Waals surface area contributed by atoms with Gasteiger partial charge in [-0.2, -0.15) is 0 Å². The molecule has 2 spiro atoms. The highest BCUT2D eigenvalue weighted by atomic mass is 16.6. The van der Waals surface area contributed by atoms with Gasteiger partial charge in [-0.1, -0.05) is 18.2 Å². The molecule has 6 nitrogen and oxygen atoms in total. The molecule has 3 fully saturated rings. The monoisotopic (exact) mass is 360 g/mol. The van der Waals surface area contributed by atoms with Crippen LogP contribution < -0.4 is 0 Å². The molecule has 0 aromatic carbocycles. The number of ether oxygens (including phenoxy) is 4. The summed E-state index contributed by atoms with van der Waals surface area (Å²) in [6, 6.07) is 0. The largest absolute Gasteiger partial charge is 0.385 e. The molecule has 2 bridgehead atoms. The average Bonchev–Trinajstić information content (AvgIpc) is 3.56. The number of Topliss-reactive ketones (excluding diaryl/α,β-unsaturated/α-hetero) is 2. The number of epoxide rings is 2. The molecule has 2 saturated heterocycles. The van der Waals surface area contributed by atoms with Crippen molar-refractivity contribution in [3.8, 4) is 0 Å². The Kier molecular flexibility index (Phi) is 3.46. The maximum Gasteiger partial charge on any atom is 0.193 e.